The van der Waals surface area contributed by atoms with Gasteiger partial charge in [-0.05, 0) is 85.2 Å². The number of pyridine rings is 1. The van der Waals surface area contributed by atoms with Crippen LogP contribution < -0.4 is 19.7 Å². The van der Waals surface area contributed by atoms with Gasteiger partial charge in [-0.2, -0.15) is 0 Å². The molecule has 3 aromatic rings. The third kappa shape index (κ3) is 10.4. The van der Waals surface area contributed by atoms with Crippen molar-refractivity contribution in [1.82, 2.24) is 24.8 Å². The van der Waals surface area contributed by atoms with Gasteiger partial charge in [0.05, 0.1) is 19.9 Å². The van der Waals surface area contributed by atoms with Crippen molar-refractivity contribution >= 4 is 29.5 Å². The van der Waals surface area contributed by atoms with Gasteiger partial charge in [0.1, 0.15) is 23.1 Å². The smallest absolute Gasteiger partial charge is 0.410 e. The van der Waals surface area contributed by atoms with Crippen LogP contribution in [0.5, 0.6) is 11.5 Å². The van der Waals surface area contributed by atoms with Crippen molar-refractivity contribution in [2.24, 2.45) is 0 Å². The highest BCUT2D eigenvalue weighted by molar-refractivity contribution is 5.76. The van der Waals surface area contributed by atoms with E-state index in [1.165, 1.54) is 0 Å². The third-order valence-corrected chi connectivity index (χ3v) is 7.79. The summed E-state index contributed by atoms with van der Waals surface area (Å²) in [7, 11) is 6.84. The van der Waals surface area contributed by atoms with E-state index < -0.39 is 11.2 Å². The first kappa shape index (κ1) is 37.2. The van der Waals surface area contributed by atoms with E-state index in [2.05, 4.69) is 20.2 Å². The number of amides is 1. The van der Waals surface area contributed by atoms with Crippen LogP contribution in [0.25, 0.3) is 11.3 Å². The quantitative estimate of drug-likeness (QED) is 0.229. The van der Waals surface area contributed by atoms with Crippen LogP contribution in [0.3, 0.4) is 0 Å². The lowest BCUT2D eigenvalue weighted by Gasteiger charge is -2.28. The Kier molecular flexibility index (Phi) is 11.9. The van der Waals surface area contributed by atoms with Gasteiger partial charge in [0.15, 0.2) is 11.5 Å². The van der Waals surface area contributed by atoms with E-state index in [9.17, 15) is 9.59 Å². The van der Waals surface area contributed by atoms with Gasteiger partial charge in [0.25, 0.3) is 0 Å². The number of hydrogen-bond donors (Lipinski definition) is 1. The summed E-state index contributed by atoms with van der Waals surface area (Å²) < 4.78 is 22.6. The molecule has 0 saturated carbocycles. The summed E-state index contributed by atoms with van der Waals surface area (Å²) in [5.74, 6) is 2.07. The second kappa shape index (κ2) is 15.7. The molecule has 1 fully saturated rings. The lowest BCUT2D eigenvalue weighted by Crippen LogP contribution is -2.40. The van der Waals surface area contributed by atoms with Crippen LogP contribution in [-0.4, -0.2) is 102 Å². The Morgan fingerprint density at radius 1 is 0.939 bits per heavy atom. The number of likely N-dealkylation sites (tertiary alicyclic amines) is 1. The molecule has 0 aliphatic carbocycles. The molecule has 4 rings (SSSR count). The van der Waals surface area contributed by atoms with E-state index in [4.69, 9.17) is 23.9 Å². The van der Waals surface area contributed by atoms with E-state index in [0.717, 1.165) is 36.3 Å². The summed E-state index contributed by atoms with van der Waals surface area (Å²) >= 11 is 0. The minimum atomic E-state index is -0.557. The largest absolute Gasteiger partial charge is 0.493 e. The number of esters is 1. The number of methoxy groups -OCH3 is 2. The predicted molar refractivity (Wildman–Crippen MR) is 190 cm³/mol. The molecule has 0 bridgehead atoms. The molecule has 2 aromatic heterocycles. The van der Waals surface area contributed by atoms with Crippen molar-refractivity contribution in [1.29, 1.82) is 0 Å². The maximum atomic E-state index is 13.0. The number of benzene rings is 1. The Morgan fingerprint density at radius 2 is 1.65 bits per heavy atom. The first-order valence-electron chi connectivity index (χ1n) is 16.5. The number of carbonyl (C=O) groups excluding carboxylic acids is 2. The topological polar surface area (TPSA) is 131 Å². The van der Waals surface area contributed by atoms with Crippen LogP contribution in [0, 0.1) is 0 Å². The highest BCUT2D eigenvalue weighted by atomic mass is 16.6. The molecule has 3 heterocycles. The molecule has 1 atom stereocenters. The fraction of sp³-hybridized carbons (Fsp3) is 0.528. The molecular weight excluding hydrogens is 626 g/mol. The number of ether oxygens (including phenoxy) is 4. The van der Waals surface area contributed by atoms with Crippen LogP contribution in [-0.2, 0) is 20.8 Å². The van der Waals surface area contributed by atoms with Gasteiger partial charge < -0.3 is 34.1 Å². The average molecular weight is 678 g/mol. The number of nitrogens with one attached hydrogen (secondary N) is 1. The van der Waals surface area contributed by atoms with E-state index in [1.54, 1.807) is 38.6 Å². The summed E-state index contributed by atoms with van der Waals surface area (Å²) in [5.41, 5.74) is 2.02. The van der Waals surface area contributed by atoms with Gasteiger partial charge in [-0.15, -0.1) is 0 Å². The maximum absolute atomic E-state index is 13.0. The molecule has 0 spiro atoms. The number of hydrogen-bond acceptors (Lipinski definition) is 12. The molecule has 1 aliphatic heterocycles. The molecule has 1 saturated heterocycles. The van der Waals surface area contributed by atoms with Gasteiger partial charge >= 0.3 is 12.1 Å². The van der Waals surface area contributed by atoms with Gasteiger partial charge in [0.2, 0.25) is 5.95 Å². The van der Waals surface area contributed by atoms with Crippen molar-refractivity contribution < 1.29 is 28.5 Å². The molecule has 266 valence electrons. The van der Waals surface area contributed by atoms with Crippen LogP contribution in [0.2, 0.25) is 0 Å². The molecule has 49 heavy (non-hydrogen) atoms. The van der Waals surface area contributed by atoms with Gasteiger partial charge in [0, 0.05) is 69.0 Å². The van der Waals surface area contributed by atoms with Crippen molar-refractivity contribution in [2.45, 2.75) is 78.2 Å². The minimum absolute atomic E-state index is 0.214. The number of likely N-dealkylation sites (N-methyl/N-ethyl adjacent to an activating group) is 2. The van der Waals surface area contributed by atoms with E-state index >= 15 is 0 Å². The molecule has 1 aromatic carbocycles. The zero-order valence-corrected chi connectivity index (χ0v) is 30.5. The lowest BCUT2D eigenvalue weighted by atomic mass is 10.1. The number of nitrogens with zero attached hydrogens (tertiary/aromatic N) is 6. The maximum Gasteiger partial charge on any atom is 0.410 e. The first-order chi connectivity index (χ1) is 23.1. The monoisotopic (exact) mass is 677 g/mol. The Balaban J connectivity index is 1.50. The highest BCUT2D eigenvalue weighted by Crippen LogP contribution is 2.37. The summed E-state index contributed by atoms with van der Waals surface area (Å²) in [6.45, 7) is 13.4. The van der Waals surface area contributed by atoms with Gasteiger partial charge in [-0.25, -0.2) is 19.7 Å². The Bertz CT molecular complexity index is 1600. The zero-order chi connectivity index (χ0) is 35.9. The Morgan fingerprint density at radius 3 is 2.33 bits per heavy atom. The lowest BCUT2D eigenvalue weighted by molar-refractivity contribution is -0.160. The number of anilines is 3. The number of rotatable bonds is 12. The average Bonchev–Trinajstić information content (AvgIpc) is 3.50. The zero-order valence-electron chi connectivity index (χ0n) is 30.5. The summed E-state index contributed by atoms with van der Waals surface area (Å²) in [6, 6.07) is 9.15. The Labute approximate surface area is 289 Å². The van der Waals surface area contributed by atoms with E-state index in [1.807, 2.05) is 83.8 Å². The van der Waals surface area contributed by atoms with Gasteiger partial charge in [-0.3, -0.25) is 9.69 Å². The fourth-order valence-corrected chi connectivity index (χ4v) is 5.44. The highest BCUT2D eigenvalue weighted by Gasteiger charge is 2.35. The number of aromatic nitrogens is 3. The fourth-order valence-electron chi connectivity index (χ4n) is 5.44. The summed E-state index contributed by atoms with van der Waals surface area (Å²) in [4.78, 5) is 44.8. The summed E-state index contributed by atoms with van der Waals surface area (Å²) in [6.07, 6.45) is 4.70. The standard InChI is InChI=1S/C36H51N7O6/c1-35(2,3)48-32(44)28-12-11-17-43(28)23-25-20-26(22-29(46-9)31(25)47-10)39-33-38-16-14-27(40-33)24-13-15-37-30(21-24)41(7)18-19-42(8)34(45)49-36(4,5)6/h13-16,20-22,28H,11-12,17-19,23H2,1-10H3,(H,38,39,40). The van der Waals surface area contributed by atoms with Crippen molar-refractivity contribution in [3.63, 3.8) is 0 Å². The second-order valence-corrected chi connectivity index (χ2v) is 14.1. The third-order valence-electron chi connectivity index (χ3n) is 7.79. The molecule has 1 N–H and O–H groups in total. The van der Waals surface area contributed by atoms with E-state index in [0.29, 0.717) is 48.5 Å². The van der Waals surface area contributed by atoms with Crippen molar-refractivity contribution in [3.8, 4) is 22.8 Å². The second-order valence-electron chi connectivity index (χ2n) is 14.1. The molecule has 0 radical (unpaired) electrons. The molecule has 1 aliphatic rings. The Hall–Kier alpha value is -4.65. The van der Waals surface area contributed by atoms with Gasteiger partial charge in [-0.1, -0.05) is 0 Å². The van der Waals surface area contributed by atoms with Crippen LogP contribution in [0.15, 0.2) is 42.7 Å². The van der Waals surface area contributed by atoms with Crippen molar-refractivity contribution in [3.05, 3.63) is 48.3 Å². The normalized spacial score (nSPS) is 15.0. The molecule has 13 nitrogen and oxygen atoms in total. The van der Waals surface area contributed by atoms with Crippen molar-refractivity contribution in [2.75, 3.05) is 58.2 Å². The molecular formula is C36H51N7O6. The molecule has 13 heteroatoms. The van der Waals surface area contributed by atoms with Crippen LogP contribution in [0.1, 0.15) is 59.9 Å². The molecule has 1 amide bonds. The molecule has 1 unspecified atom stereocenters. The van der Waals surface area contributed by atoms with Crippen LogP contribution >= 0.6 is 0 Å². The number of carbonyl (C=O) groups is 2. The minimum Gasteiger partial charge on any atom is -0.493 e. The predicted octanol–water partition coefficient (Wildman–Crippen LogP) is 5.91. The van der Waals surface area contributed by atoms with Crippen LogP contribution in [0.4, 0.5) is 22.2 Å². The summed E-state index contributed by atoms with van der Waals surface area (Å²) in [5, 5.41) is 3.32. The van der Waals surface area contributed by atoms with E-state index in [-0.39, 0.29) is 18.1 Å². The SMILES string of the molecule is COc1cc(Nc2nccc(-c3ccnc(N(C)CCN(C)C(=O)OC(C)(C)C)c3)n2)cc(CN2CCCC2C(=O)OC(C)(C)C)c1OC. The first-order valence-corrected chi connectivity index (χ1v) is 16.5.